The van der Waals surface area contributed by atoms with Crippen LogP contribution in [0.4, 0.5) is 17.5 Å². The predicted molar refractivity (Wildman–Crippen MR) is 95.4 cm³/mol. The first kappa shape index (κ1) is 17.6. The molecule has 2 heterocycles. The van der Waals surface area contributed by atoms with Gasteiger partial charge in [0.05, 0.1) is 18.9 Å². The second kappa shape index (κ2) is 7.77. The van der Waals surface area contributed by atoms with Crippen LogP contribution in [0.1, 0.15) is 17.3 Å². The maximum absolute atomic E-state index is 11.6. The highest BCUT2D eigenvalue weighted by molar-refractivity contribution is 5.90. The molecule has 2 aromatic rings. The minimum absolute atomic E-state index is 0.0818. The van der Waals surface area contributed by atoms with Crippen LogP contribution in [0.15, 0.2) is 30.5 Å². The van der Waals surface area contributed by atoms with Gasteiger partial charge in [0.15, 0.2) is 5.82 Å². The summed E-state index contributed by atoms with van der Waals surface area (Å²) in [6, 6.07) is 6.87. The van der Waals surface area contributed by atoms with Gasteiger partial charge in [-0.15, -0.1) is 5.10 Å². The van der Waals surface area contributed by atoms with Crippen LogP contribution >= 0.6 is 0 Å². The fourth-order valence-electron chi connectivity index (χ4n) is 2.72. The van der Waals surface area contributed by atoms with E-state index in [1.54, 1.807) is 37.4 Å². The Balaban J connectivity index is 1.70. The Hall–Kier alpha value is -3.23. The minimum Gasteiger partial charge on any atom is -0.465 e. The molecule has 3 rings (SSSR count). The van der Waals surface area contributed by atoms with E-state index in [4.69, 9.17) is 4.74 Å². The van der Waals surface area contributed by atoms with E-state index in [2.05, 4.69) is 25.4 Å². The first-order valence-corrected chi connectivity index (χ1v) is 8.22. The zero-order valence-electron chi connectivity index (χ0n) is 14.7. The largest absolute Gasteiger partial charge is 0.465 e. The number of nitrogens with zero attached hydrogens (tertiary/aromatic N) is 5. The van der Waals surface area contributed by atoms with Crippen molar-refractivity contribution in [2.75, 3.05) is 43.5 Å². The van der Waals surface area contributed by atoms with E-state index >= 15 is 0 Å². The Kier molecular flexibility index (Phi) is 5.26. The van der Waals surface area contributed by atoms with Crippen molar-refractivity contribution in [3.8, 4) is 0 Å². The second-order valence-electron chi connectivity index (χ2n) is 5.83. The van der Waals surface area contributed by atoms with Crippen molar-refractivity contribution in [3.63, 3.8) is 0 Å². The number of nitrogens with one attached hydrogen (secondary N) is 1. The Bertz CT molecular complexity index is 805. The summed E-state index contributed by atoms with van der Waals surface area (Å²) < 4.78 is 4.72. The van der Waals surface area contributed by atoms with Crippen LogP contribution in [0.5, 0.6) is 0 Å². The molecule has 0 radical (unpaired) electrons. The fraction of sp³-hybridized carbons (Fsp3) is 0.353. The number of carbonyl (C=O) groups is 2. The van der Waals surface area contributed by atoms with Gasteiger partial charge < -0.3 is 19.9 Å². The molecule has 1 amide bonds. The van der Waals surface area contributed by atoms with E-state index in [-0.39, 0.29) is 5.91 Å². The lowest BCUT2D eigenvalue weighted by atomic mass is 10.2. The third-order valence-electron chi connectivity index (χ3n) is 4.13. The summed E-state index contributed by atoms with van der Waals surface area (Å²) in [6.45, 7) is 4.27. The number of methoxy groups -OCH3 is 1. The summed E-state index contributed by atoms with van der Waals surface area (Å²) in [5, 5.41) is 11.0. The molecule has 1 aliphatic rings. The van der Waals surface area contributed by atoms with Gasteiger partial charge in [-0.05, 0) is 18.2 Å². The molecule has 1 aromatic carbocycles. The van der Waals surface area contributed by atoms with Crippen molar-refractivity contribution in [3.05, 3.63) is 36.0 Å². The first-order chi connectivity index (χ1) is 12.6. The molecule has 136 valence electrons. The molecule has 0 spiro atoms. The van der Waals surface area contributed by atoms with Crippen LogP contribution in [0.3, 0.4) is 0 Å². The van der Waals surface area contributed by atoms with Crippen LogP contribution in [-0.2, 0) is 9.53 Å². The maximum Gasteiger partial charge on any atom is 0.337 e. The lowest BCUT2D eigenvalue weighted by Gasteiger charge is -2.34. The third kappa shape index (κ3) is 4.05. The third-order valence-corrected chi connectivity index (χ3v) is 4.13. The number of anilines is 3. The van der Waals surface area contributed by atoms with E-state index < -0.39 is 5.97 Å². The van der Waals surface area contributed by atoms with Gasteiger partial charge in [-0.3, -0.25) is 4.79 Å². The first-order valence-electron chi connectivity index (χ1n) is 8.22. The van der Waals surface area contributed by atoms with E-state index in [1.165, 1.54) is 7.11 Å². The summed E-state index contributed by atoms with van der Waals surface area (Å²) in [6.07, 6.45) is 1.60. The molecule has 0 aliphatic carbocycles. The van der Waals surface area contributed by atoms with Crippen LogP contribution in [0, 0.1) is 0 Å². The van der Waals surface area contributed by atoms with Gasteiger partial charge in [0.25, 0.3) is 0 Å². The quantitative estimate of drug-likeness (QED) is 0.812. The highest BCUT2D eigenvalue weighted by atomic mass is 16.5. The molecule has 1 saturated heterocycles. The normalized spacial score (nSPS) is 14.1. The van der Waals surface area contributed by atoms with Gasteiger partial charge in [0.1, 0.15) is 0 Å². The Morgan fingerprint density at radius 2 is 1.96 bits per heavy atom. The van der Waals surface area contributed by atoms with Gasteiger partial charge in [0, 0.05) is 38.8 Å². The second-order valence-corrected chi connectivity index (χ2v) is 5.83. The Morgan fingerprint density at radius 1 is 1.19 bits per heavy atom. The van der Waals surface area contributed by atoms with E-state index in [0.29, 0.717) is 49.2 Å². The molecule has 9 heteroatoms. The summed E-state index contributed by atoms with van der Waals surface area (Å²) in [4.78, 5) is 31.4. The molecule has 9 nitrogen and oxygen atoms in total. The van der Waals surface area contributed by atoms with E-state index in [0.717, 1.165) is 0 Å². The number of ether oxygens (including phenoxy) is 1. The number of rotatable bonds is 4. The molecule has 1 N–H and O–H groups in total. The average molecular weight is 356 g/mol. The summed E-state index contributed by atoms with van der Waals surface area (Å²) in [7, 11) is 1.34. The number of hydrogen-bond acceptors (Lipinski definition) is 8. The number of piperazine rings is 1. The maximum atomic E-state index is 11.6. The van der Waals surface area contributed by atoms with Crippen LogP contribution in [0.25, 0.3) is 0 Å². The Morgan fingerprint density at radius 3 is 2.65 bits per heavy atom. The Labute approximate surface area is 151 Å². The molecular weight excluding hydrogens is 336 g/mol. The van der Waals surface area contributed by atoms with Gasteiger partial charge in [0.2, 0.25) is 11.9 Å². The molecule has 1 aromatic heterocycles. The van der Waals surface area contributed by atoms with Crippen molar-refractivity contribution >= 4 is 29.3 Å². The summed E-state index contributed by atoms with van der Waals surface area (Å²) in [5.41, 5.74) is 1.09. The highest BCUT2D eigenvalue weighted by Crippen LogP contribution is 2.18. The average Bonchev–Trinajstić information content (AvgIpc) is 2.68. The minimum atomic E-state index is -0.412. The number of esters is 1. The monoisotopic (exact) mass is 356 g/mol. The summed E-state index contributed by atoms with van der Waals surface area (Å²) >= 11 is 0. The van der Waals surface area contributed by atoms with Crippen molar-refractivity contribution in [1.29, 1.82) is 0 Å². The molecule has 0 bridgehead atoms. The molecule has 0 unspecified atom stereocenters. The summed E-state index contributed by atoms with van der Waals surface area (Å²) in [5.74, 6) is 0.691. The van der Waals surface area contributed by atoms with Gasteiger partial charge in [-0.1, -0.05) is 6.07 Å². The molecule has 0 atom stereocenters. The lowest BCUT2D eigenvalue weighted by Crippen LogP contribution is -2.48. The number of aromatic nitrogens is 3. The van der Waals surface area contributed by atoms with Gasteiger partial charge in [-0.2, -0.15) is 10.1 Å². The standard InChI is InChI=1S/C17H20N6O3/c1-12(24)22-6-8-23(9-7-22)15-11-18-21-17(20-15)19-14-5-3-4-13(10-14)16(25)26-2/h3-5,10-11H,6-9H2,1-2H3,(H,19,20,21). The number of carbonyl (C=O) groups excluding carboxylic acids is 2. The van der Waals surface area contributed by atoms with Crippen LogP contribution < -0.4 is 10.2 Å². The molecule has 1 aliphatic heterocycles. The van der Waals surface area contributed by atoms with Crippen molar-refractivity contribution in [2.24, 2.45) is 0 Å². The number of benzene rings is 1. The highest BCUT2D eigenvalue weighted by Gasteiger charge is 2.20. The van der Waals surface area contributed by atoms with E-state index in [9.17, 15) is 9.59 Å². The van der Waals surface area contributed by atoms with Gasteiger partial charge in [-0.25, -0.2) is 4.79 Å². The molecule has 1 fully saturated rings. The van der Waals surface area contributed by atoms with Crippen molar-refractivity contribution in [1.82, 2.24) is 20.1 Å². The van der Waals surface area contributed by atoms with Crippen molar-refractivity contribution in [2.45, 2.75) is 6.92 Å². The lowest BCUT2D eigenvalue weighted by molar-refractivity contribution is -0.129. The van der Waals surface area contributed by atoms with Crippen LogP contribution in [-0.4, -0.2) is 65.2 Å². The number of hydrogen-bond donors (Lipinski definition) is 1. The zero-order chi connectivity index (χ0) is 18.5. The number of amides is 1. The smallest absolute Gasteiger partial charge is 0.337 e. The zero-order valence-corrected chi connectivity index (χ0v) is 14.7. The van der Waals surface area contributed by atoms with Crippen molar-refractivity contribution < 1.29 is 14.3 Å². The fourth-order valence-corrected chi connectivity index (χ4v) is 2.72. The molecule has 0 saturated carbocycles. The molecule has 26 heavy (non-hydrogen) atoms. The van der Waals surface area contributed by atoms with E-state index in [1.807, 2.05) is 4.90 Å². The SMILES string of the molecule is COC(=O)c1cccc(Nc2nncc(N3CCN(C(C)=O)CC3)n2)c1. The predicted octanol–water partition coefficient (Wildman–Crippen LogP) is 1.07. The molecular formula is C17H20N6O3. The van der Waals surface area contributed by atoms with Gasteiger partial charge >= 0.3 is 5.97 Å². The topological polar surface area (TPSA) is 101 Å². The van der Waals surface area contributed by atoms with Crippen LogP contribution in [0.2, 0.25) is 0 Å².